The molecular formula is C11H13ClN2O3. The van der Waals surface area contributed by atoms with Crippen LogP contribution in [0, 0.1) is 0 Å². The van der Waals surface area contributed by atoms with Gasteiger partial charge in [-0.05, 0) is 19.1 Å². The van der Waals surface area contributed by atoms with Crippen molar-refractivity contribution in [2.24, 2.45) is 0 Å². The summed E-state index contributed by atoms with van der Waals surface area (Å²) in [4.78, 5) is 27.4. The maximum Gasteiger partial charge on any atom is 0.262 e. The van der Waals surface area contributed by atoms with Crippen molar-refractivity contribution in [1.29, 1.82) is 0 Å². The molecule has 0 unspecified atom stereocenters. The highest BCUT2D eigenvalue weighted by Gasteiger charge is 2.10. The molecule has 2 N–H and O–H groups in total. The van der Waals surface area contributed by atoms with Crippen LogP contribution in [0.15, 0.2) is 24.3 Å². The molecular weight excluding hydrogens is 244 g/mol. The Bertz CT molecular complexity index is 409. The van der Waals surface area contributed by atoms with E-state index >= 15 is 0 Å². The van der Waals surface area contributed by atoms with Crippen LogP contribution in [-0.4, -0.2) is 25.0 Å². The summed E-state index contributed by atoms with van der Waals surface area (Å²) in [5.41, 5.74) is 2.50. The summed E-state index contributed by atoms with van der Waals surface area (Å²) < 4.78 is 0. The van der Waals surface area contributed by atoms with Crippen LogP contribution >= 0.6 is 11.6 Å². The van der Waals surface area contributed by atoms with E-state index in [4.69, 9.17) is 11.6 Å². The highest BCUT2D eigenvalue weighted by atomic mass is 35.5. The zero-order chi connectivity index (χ0) is 12.7. The first kappa shape index (κ1) is 13.5. The Morgan fingerprint density at radius 1 is 1.35 bits per heavy atom. The molecule has 0 radical (unpaired) electrons. The molecule has 0 saturated heterocycles. The summed E-state index contributed by atoms with van der Waals surface area (Å²) in [6.07, 6.45) is 0. The maximum atomic E-state index is 11.6. The van der Waals surface area contributed by atoms with Crippen molar-refractivity contribution in [3.63, 3.8) is 0 Å². The fraction of sp³-hybridized carbons (Fsp3) is 0.273. The summed E-state index contributed by atoms with van der Waals surface area (Å²) in [6.45, 7) is 1.94. The van der Waals surface area contributed by atoms with Gasteiger partial charge in [0, 0.05) is 0 Å². The highest BCUT2D eigenvalue weighted by molar-refractivity contribution is 6.33. The van der Waals surface area contributed by atoms with E-state index < -0.39 is 11.8 Å². The average Bonchev–Trinajstić information content (AvgIpc) is 2.34. The summed E-state index contributed by atoms with van der Waals surface area (Å²) >= 11 is 5.83. The lowest BCUT2D eigenvalue weighted by Crippen LogP contribution is -2.37. The number of hydroxylamine groups is 1. The van der Waals surface area contributed by atoms with Crippen molar-refractivity contribution in [3.8, 4) is 0 Å². The van der Waals surface area contributed by atoms with Crippen LogP contribution in [0.25, 0.3) is 0 Å². The standard InChI is InChI=1S/C11H13ClN2O3/c1-2-17-14-10(15)7-13-11(16)8-5-3-4-6-9(8)12/h3-6H,2,7H2,1H3,(H,13,16)(H,14,15). The molecule has 1 aromatic carbocycles. The number of carbonyl (C=O) groups excluding carboxylic acids is 2. The van der Waals surface area contributed by atoms with Gasteiger partial charge in [-0.3, -0.25) is 14.4 Å². The van der Waals surface area contributed by atoms with E-state index in [1.165, 1.54) is 0 Å². The van der Waals surface area contributed by atoms with E-state index in [0.29, 0.717) is 17.2 Å². The van der Waals surface area contributed by atoms with E-state index in [0.717, 1.165) is 0 Å². The summed E-state index contributed by atoms with van der Waals surface area (Å²) in [6, 6.07) is 6.61. The lowest BCUT2D eigenvalue weighted by molar-refractivity contribution is -0.132. The molecule has 1 aromatic rings. The molecule has 2 amide bonds. The number of nitrogens with one attached hydrogen (secondary N) is 2. The van der Waals surface area contributed by atoms with Gasteiger partial charge in [-0.15, -0.1) is 0 Å². The minimum absolute atomic E-state index is 0.163. The average molecular weight is 257 g/mol. The number of halogens is 1. The molecule has 0 aromatic heterocycles. The molecule has 92 valence electrons. The molecule has 0 heterocycles. The molecule has 6 heteroatoms. The van der Waals surface area contributed by atoms with E-state index in [-0.39, 0.29) is 6.54 Å². The molecule has 5 nitrogen and oxygen atoms in total. The zero-order valence-corrected chi connectivity index (χ0v) is 10.1. The van der Waals surface area contributed by atoms with Gasteiger partial charge in [0.05, 0.1) is 23.7 Å². The van der Waals surface area contributed by atoms with Gasteiger partial charge in [0.1, 0.15) is 0 Å². The van der Waals surface area contributed by atoms with Crippen molar-refractivity contribution in [2.45, 2.75) is 6.92 Å². The molecule has 0 aliphatic carbocycles. The summed E-state index contributed by atoms with van der Waals surface area (Å²) in [7, 11) is 0. The molecule has 0 aliphatic rings. The molecule has 0 spiro atoms. The lowest BCUT2D eigenvalue weighted by Gasteiger charge is -2.06. The third-order valence-corrected chi connectivity index (χ3v) is 2.19. The van der Waals surface area contributed by atoms with Crippen molar-refractivity contribution >= 4 is 23.4 Å². The minimum Gasteiger partial charge on any atom is -0.343 e. The second-order valence-corrected chi connectivity index (χ2v) is 3.53. The van der Waals surface area contributed by atoms with Gasteiger partial charge in [-0.25, -0.2) is 5.48 Å². The topological polar surface area (TPSA) is 67.4 Å². The first-order chi connectivity index (χ1) is 8.15. The Hall–Kier alpha value is -1.59. The number of rotatable bonds is 5. The number of hydrogen-bond donors (Lipinski definition) is 2. The molecule has 0 aliphatic heterocycles. The highest BCUT2D eigenvalue weighted by Crippen LogP contribution is 2.14. The van der Waals surface area contributed by atoms with Crippen molar-refractivity contribution in [3.05, 3.63) is 34.9 Å². The number of carbonyl (C=O) groups is 2. The van der Waals surface area contributed by atoms with Crippen molar-refractivity contribution in [2.75, 3.05) is 13.2 Å². The van der Waals surface area contributed by atoms with Crippen LogP contribution in [0.3, 0.4) is 0 Å². The third kappa shape index (κ3) is 4.42. The van der Waals surface area contributed by atoms with Crippen LogP contribution in [0.4, 0.5) is 0 Å². The van der Waals surface area contributed by atoms with Crippen LogP contribution in [-0.2, 0) is 9.63 Å². The van der Waals surface area contributed by atoms with Gasteiger partial charge in [0.2, 0.25) is 0 Å². The second kappa shape index (κ2) is 6.88. The van der Waals surface area contributed by atoms with Crippen LogP contribution < -0.4 is 10.8 Å². The van der Waals surface area contributed by atoms with Gasteiger partial charge in [0.25, 0.3) is 11.8 Å². The quantitative estimate of drug-likeness (QED) is 0.777. The zero-order valence-electron chi connectivity index (χ0n) is 9.33. The largest absolute Gasteiger partial charge is 0.343 e. The van der Waals surface area contributed by atoms with E-state index in [9.17, 15) is 9.59 Å². The maximum absolute atomic E-state index is 11.6. The first-order valence-corrected chi connectivity index (χ1v) is 5.46. The fourth-order valence-corrected chi connectivity index (χ4v) is 1.31. The lowest BCUT2D eigenvalue weighted by atomic mass is 10.2. The van der Waals surface area contributed by atoms with Crippen molar-refractivity contribution < 1.29 is 14.4 Å². The van der Waals surface area contributed by atoms with E-state index in [1.54, 1.807) is 31.2 Å². The molecule has 0 bridgehead atoms. The first-order valence-electron chi connectivity index (χ1n) is 5.08. The Labute approximate surface area is 104 Å². The summed E-state index contributed by atoms with van der Waals surface area (Å²) in [5.74, 6) is -0.825. The summed E-state index contributed by atoms with van der Waals surface area (Å²) in [5, 5.41) is 2.78. The Kier molecular flexibility index (Phi) is 5.45. The normalized spacial score (nSPS) is 9.76. The van der Waals surface area contributed by atoms with Gasteiger partial charge in [-0.1, -0.05) is 23.7 Å². The molecule has 0 fully saturated rings. The van der Waals surface area contributed by atoms with Crippen LogP contribution in [0.5, 0.6) is 0 Å². The van der Waals surface area contributed by atoms with Crippen LogP contribution in [0.1, 0.15) is 17.3 Å². The van der Waals surface area contributed by atoms with Gasteiger partial charge < -0.3 is 5.32 Å². The smallest absolute Gasteiger partial charge is 0.262 e. The Morgan fingerprint density at radius 2 is 2.06 bits per heavy atom. The number of benzene rings is 1. The Morgan fingerprint density at radius 3 is 2.71 bits per heavy atom. The van der Waals surface area contributed by atoms with Crippen molar-refractivity contribution in [1.82, 2.24) is 10.8 Å². The van der Waals surface area contributed by atoms with E-state index in [1.807, 2.05) is 0 Å². The fourth-order valence-electron chi connectivity index (χ4n) is 1.09. The molecule has 0 saturated carbocycles. The molecule has 17 heavy (non-hydrogen) atoms. The third-order valence-electron chi connectivity index (χ3n) is 1.86. The predicted molar refractivity (Wildman–Crippen MR) is 63.6 cm³/mol. The molecule has 0 atom stereocenters. The monoisotopic (exact) mass is 256 g/mol. The van der Waals surface area contributed by atoms with Gasteiger partial charge in [-0.2, -0.15) is 0 Å². The van der Waals surface area contributed by atoms with Gasteiger partial charge >= 0.3 is 0 Å². The predicted octanol–water partition coefficient (Wildman–Crippen LogP) is 1.14. The van der Waals surface area contributed by atoms with Crippen LogP contribution in [0.2, 0.25) is 5.02 Å². The van der Waals surface area contributed by atoms with E-state index in [2.05, 4.69) is 15.6 Å². The minimum atomic E-state index is -0.424. The second-order valence-electron chi connectivity index (χ2n) is 3.12. The Balaban J connectivity index is 2.45. The number of amides is 2. The SMILES string of the molecule is CCONC(=O)CNC(=O)c1ccccc1Cl. The van der Waals surface area contributed by atoms with Gasteiger partial charge in [0.15, 0.2) is 0 Å². The molecule has 1 rings (SSSR count). The number of hydrogen-bond acceptors (Lipinski definition) is 3.